The molecule has 1 aromatic heterocycles. The molecule has 0 N–H and O–H groups in total. The number of carbonyl (C=O) groups is 1. The predicted molar refractivity (Wildman–Crippen MR) is 51.9 cm³/mol. The van der Waals surface area contributed by atoms with Gasteiger partial charge in [-0.15, -0.1) is 0 Å². The van der Waals surface area contributed by atoms with Crippen molar-refractivity contribution in [2.24, 2.45) is 0 Å². The van der Waals surface area contributed by atoms with Crippen molar-refractivity contribution in [3.05, 3.63) is 28.6 Å². The van der Waals surface area contributed by atoms with Gasteiger partial charge in [0.05, 0.1) is 0 Å². The van der Waals surface area contributed by atoms with E-state index in [4.69, 9.17) is 5.26 Å². The zero-order valence-corrected chi connectivity index (χ0v) is 8.96. The minimum atomic E-state index is -2.86. The maximum absolute atomic E-state index is 12.5. The van der Waals surface area contributed by atoms with Crippen LogP contribution in [-0.2, 0) is 5.33 Å². The van der Waals surface area contributed by atoms with E-state index in [9.17, 15) is 13.6 Å². The van der Waals surface area contributed by atoms with Gasteiger partial charge in [-0.3, -0.25) is 4.79 Å². The summed E-state index contributed by atoms with van der Waals surface area (Å²) in [6.07, 6.45) is -2.54. The molecule has 0 aromatic carbocycles. The van der Waals surface area contributed by atoms with Crippen LogP contribution >= 0.6 is 15.9 Å². The Labute approximate surface area is 92.9 Å². The molecule has 0 atom stereocenters. The van der Waals surface area contributed by atoms with E-state index in [2.05, 4.69) is 20.9 Å². The second-order valence-electron chi connectivity index (χ2n) is 2.63. The number of hydrogen-bond donors (Lipinski definition) is 0. The maximum atomic E-state index is 12.5. The molecule has 0 spiro atoms. The Morgan fingerprint density at radius 3 is 2.73 bits per heavy atom. The molecule has 0 fully saturated rings. The number of aromatic nitrogens is 1. The highest BCUT2D eigenvalue weighted by Gasteiger charge is 2.18. The Bertz CT molecular complexity index is 429. The molecule has 1 heterocycles. The van der Waals surface area contributed by atoms with Crippen molar-refractivity contribution in [2.45, 2.75) is 11.8 Å². The van der Waals surface area contributed by atoms with Gasteiger partial charge in [-0.1, -0.05) is 15.9 Å². The highest BCUT2D eigenvalue weighted by molar-refractivity contribution is 9.08. The third-order valence-electron chi connectivity index (χ3n) is 1.76. The molecule has 6 heteroatoms. The molecule has 0 unspecified atom stereocenters. The number of carbonyl (C=O) groups excluding carboxylic acids is 1. The largest absolute Gasteiger partial charge is 0.298 e. The summed E-state index contributed by atoms with van der Waals surface area (Å²) in [5.74, 6) is 0. The molecule has 0 aliphatic heterocycles. The highest BCUT2D eigenvalue weighted by Crippen LogP contribution is 2.24. The summed E-state index contributed by atoms with van der Waals surface area (Å²) in [6, 6.07) is 2.98. The minimum Gasteiger partial charge on any atom is -0.298 e. The van der Waals surface area contributed by atoms with Gasteiger partial charge in [0.15, 0.2) is 6.29 Å². The number of aldehydes is 1. The molecular formula is C9H5BrF2N2O. The number of pyridine rings is 1. The Hall–Kier alpha value is -1.35. The number of halogens is 3. The summed E-state index contributed by atoms with van der Waals surface area (Å²) in [7, 11) is 0. The van der Waals surface area contributed by atoms with Crippen LogP contribution in [0, 0.1) is 11.3 Å². The minimum absolute atomic E-state index is 0.120. The fourth-order valence-electron chi connectivity index (χ4n) is 1.10. The number of rotatable bonds is 3. The van der Waals surface area contributed by atoms with Gasteiger partial charge in [0.2, 0.25) is 0 Å². The van der Waals surface area contributed by atoms with Crippen molar-refractivity contribution in [1.29, 1.82) is 5.26 Å². The van der Waals surface area contributed by atoms with E-state index in [1.807, 2.05) is 0 Å². The van der Waals surface area contributed by atoms with Crippen LogP contribution < -0.4 is 0 Å². The Morgan fingerprint density at radius 1 is 1.67 bits per heavy atom. The van der Waals surface area contributed by atoms with Crippen molar-refractivity contribution in [3.8, 4) is 6.07 Å². The average molecular weight is 275 g/mol. The van der Waals surface area contributed by atoms with Crippen LogP contribution in [0.15, 0.2) is 6.07 Å². The smallest absolute Gasteiger partial charge is 0.281 e. The quantitative estimate of drug-likeness (QED) is 0.629. The number of alkyl halides is 3. The van der Waals surface area contributed by atoms with Crippen molar-refractivity contribution < 1.29 is 13.6 Å². The predicted octanol–water partition coefficient (Wildman–Crippen LogP) is 2.60. The number of nitrogens with zero attached hydrogens (tertiary/aromatic N) is 2. The number of hydrogen-bond acceptors (Lipinski definition) is 3. The van der Waals surface area contributed by atoms with Crippen LogP contribution in [0.4, 0.5) is 8.78 Å². The molecule has 15 heavy (non-hydrogen) atoms. The molecule has 0 saturated heterocycles. The monoisotopic (exact) mass is 274 g/mol. The zero-order valence-electron chi connectivity index (χ0n) is 7.38. The van der Waals surface area contributed by atoms with Gasteiger partial charge < -0.3 is 0 Å². The van der Waals surface area contributed by atoms with Crippen molar-refractivity contribution in [3.63, 3.8) is 0 Å². The van der Waals surface area contributed by atoms with E-state index in [0.717, 1.165) is 0 Å². The maximum Gasteiger partial charge on any atom is 0.281 e. The second kappa shape index (κ2) is 4.94. The lowest BCUT2D eigenvalue weighted by Gasteiger charge is -2.07. The third-order valence-corrected chi connectivity index (χ3v) is 2.36. The van der Waals surface area contributed by atoms with Crippen molar-refractivity contribution in [1.82, 2.24) is 4.98 Å². The third kappa shape index (κ3) is 2.36. The molecule has 0 aliphatic rings. The lowest BCUT2D eigenvalue weighted by molar-refractivity contribution is 0.110. The number of nitriles is 1. The van der Waals surface area contributed by atoms with Gasteiger partial charge in [0, 0.05) is 10.9 Å². The van der Waals surface area contributed by atoms with Crippen molar-refractivity contribution in [2.75, 3.05) is 0 Å². The molecule has 1 rings (SSSR count). The fourth-order valence-corrected chi connectivity index (χ4v) is 1.56. The zero-order chi connectivity index (χ0) is 11.4. The van der Waals surface area contributed by atoms with Gasteiger partial charge in [0.25, 0.3) is 6.43 Å². The van der Waals surface area contributed by atoms with Crippen LogP contribution in [0.25, 0.3) is 0 Å². The summed E-state index contributed by atoms with van der Waals surface area (Å²) in [4.78, 5) is 14.0. The molecule has 0 aliphatic carbocycles. The second-order valence-corrected chi connectivity index (χ2v) is 3.19. The topological polar surface area (TPSA) is 53.8 Å². The summed E-state index contributed by atoms with van der Waals surface area (Å²) >= 11 is 3.05. The van der Waals surface area contributed by atoms with Crippen LogP contribution in [-0.4, -0.2) is 11.3 Å². The van der Waals surface area contributed by atoms with E-state index in [-0.39, 0.29) is 16.6 Å². The fraction of sp³-hybridized carbons (Fsp3) is 0.222. The normalized spacial score (nSPS) is 10.1. The summed E-state index contributed by atoms with van der Waals surface area (Å²) in [5, 5.41) is 8.79. The van der Waals surface area contributed by atoms with E-state index >= 15 is 0 Å². The molecule has 1 aromatic rings. The highest BCUT2D eigenvalue weighted by atomic mass is 79.9. The summed E-state index contributed by atoms with van der Waals surface area (Å²) in [6.45, 7) is 0. The first-order valence-electron chi connectivity index (χ1n) is 3.87. The van der Waals surface area contributed by atoms with E-state index in [1.165, 1.54) is 6.07 Å². The molecule has 0 saturated carbocycles. The summed E-state index contributed by atoms with van der Waals surface area (Å²) in [5.41, 5.74) is -0.573. The van der Waals surface area contributed by atoms with Gasteiger partial charge in [-0.05, 0) is 11.6 Å². The molecule has 3 nitrogen and oxygen atoms in total. The Morgan fingerprint density at radius 2 is 2.33 bits per heavy atom. The molecule has 0 radical (unpaired) electrons. The van der Waals surface area contributed by atoms with Crippen molar-refractivity contribution >= 4 is 22.2 Å². The van der Waals surface area contributed by atoms with E-state index in [1.54, 1.807) is 6.07 Å². The van der Waals surface area contributed by atoms with Crippen LogP contribution in [0.2, 0.25) is 0 Å². The lowest BCUT2D eigenvalue weighted by Crippen LogP contribution is -2.04. The molecular weight excluding hydrogens is 270 g/mol. The Kier molecular flexibility index (Phi) is 3.86. The average Bonchev–Trinajstić information content (AvgIpc) is 2.26. The first kappa shape index (κ1) is 11.7. The Balaban J connectivity index is 3.47. The van der Waals surface area contributed by atoms with Crippen LogP contribution in [0.5, 0.6) is 0 Å². The molecule has 0 bridgehead atoms. The molecule has 78 valence electrons. The first-order chi connectivity index (χ1) is 7.13. The van der Waals surface area contributed by atoms with Gasteiger partial charge in [-0.25, -0.2) is 13.8 Å². The van der Waals surface area contributed by atoms with E-state index in [0.29, 0.717) is 11.8 Å². The standard InChI is InChI=1S/C9H5BrF2N2O/c10-2-5-1-6(3-13)14-8(9(11)12)7(5)4-15/h1,4,9H,2H2. The SMILES string of the molecule is N#Cc1cc(CBr)c(C=O)c(C(F)F)n1. The summed E-state index contributed by atoms with van der Waals surface area (Å²) < 4.78 is 25.0. The van der Waals surface area contributed by atoms with Crippen LogP contribution in [0.3, 0.4) is 0 Å². The van der Waals surface area contributed by atoms with Crippen LogP contribution in [0.1, 0.15) is 33.7 Å². The lowest BCUT2D eigenvalue weighted by atomic mass is 10.1. The molecule has 0 amide bonds. The van der Waals surface area contributed by atoms with Gasteiger partial charge in [0.1, 0.15) is 17.5 Å². The first-order valence-corrected chi connectivity index (χ1v) is 4.99. The van der Waals surface area contributed by atoms with E-state index < -0.39 is 12.1 Å². The van der Waals surface area contributed by atoms with Gasteiger partial charge >= 0.3 is 0 Å². The van der Waals surface area contributed by atoms with Gasteiger partial charge in [-0.2, -0.15) is 5.26 Å².